The monoisotopic (exact) mass is 263 g/mol. The van der Waals surface area contributed by atoms with Crippen LogP contribution in [0.5, 0.6) is 0 Å². The molecule has 0 radical (unpaired) electrons. The van der Waals surface area contributed by atoms with Gasteiger partial charge in [-0.3, -0.25) is 4.99 Å². The van der Waals surface area contributed by atoms with Crippen molar-refractivity contribution in [3.63, 3.8) is 0 Å². The number of aliphatic carboxylic acids is 1. The molecular formula is C17H13NO2. The van der Waals surface area contributed by atoms with E-state index in [-0.39, 0.29) is 11.3 Å². The molecule has 0 spiro atoms. The molecule has 0 aromatic carbocycles. The van der Waals surface area contributed by atoms with E-state index in [1.54, 1.807) is 12.2 Å². The predicted molar refractivity (Wildman–Crippen MR) is 77.3 cm³/mol. The van der Waals surface area contributed by atoms with Gasteiger partial charge in [-0.2, -0.15) is 0 Å². The van der Waals surface area contributed by atoms with E-state index < -0.39 is 5.97 Å². The second kappa shape index (κ2) is 3.57. The van der Waals surface area contributed by atoms with Gasteiger partial charge in [0.25, 0.3) is 0 Å². The molecule has 3 nitrogen and oxygen atoms in total. The van der Waals surface area contributed by atoms with Crippen molar-refractivity contribution in [3.05, 3.63) is 70.5 Å². The van der Waals surface area contributed by atoms with Crippen molar-refractivity contribution in [1.29, 1.82) is 0 Å². The minimum Gasteiger partial charge on any atom is -0.478 e. The van der Waals surface area contributed by atoms with Crippen LogP contribution in [0, 0.1) is 11.3 Å². The fraction of sp³-hybridized carbons (Fsp3) is 0.176. The van der Waals surface area contributed by atoms with E-state index in [1.165, 1.54) is 11.1 Å². The summed E-state index contributed by atoms with van der Waals surface area (Å²) in [4.78, 5) is 15.8. The molecule has 3 heteroatoms. The zero-order valence-corrected chi connectivity index (χ0v) is 11.0. The quantitative estimate of drug-likeness (QED) is 0.790. The Labute approximate surface area is 116 Å². The molecular weight excluding hydrogens is 250 g/mol. The molecule has 0 fully saturated rings. The fourth-order valence-electron chi connectivity index (χ4n) is 3.56. The molecule has 0 bridgehead atoms. The van der Waals surface area contributed by atoms with Crippen LogP contribution >= 0.6 is 0 Å². The summed E-state index contributed by atoms with van der Waals surface area (Å²) < 4.78 is 0. The minimum absolute atomic E-state index is 0.239. The third-order valence-electron chi connectivity index (χ3n) is 4.61. The smallest absolute Gasteiger partial charge is 0.335 e. The highest BCUT2D eigenvalue weighted by atomic mass is 16.4. The molecule has 0 saturated carbocycles. The highest BCUT2D eigenvalue weighted by Gasteiger charge is 2.48. The first-order chi connectivity index (χ1) is 9.60. The number of hydrogen-bond acceptors (Lipinski definition) is 2. The van der Waals surface area contributed by atoms with Crippen molar-refractivity contribution in [2.45, 2.75) is 6.92 Å². The molecule has 1 heterocycles. The molecule has 98 valence electrons. The lowest BCUT2D eigenvalue weighted by Gasteiger charge is -2.47. The first kappa shape index (κ1) is 11.4. The lowest BCUT2D eigenvalue weighted by molar-refractivity contribution is -0.132. The Morgan fingerprint density at radius 2 is 2.10 bits per heavy atom. The van der Waals surface area contributed by atoms with Gasteiger partial charge in [0.05, 0.1) is 11.3 Å². The molecule has 0 saturated heterocycles. The molecule has 0 aromatic rings. The summed E-state index contributed by atoms with van der Waals surface area (Å²) in [6.07, 6.45) is 15.7. The van der Waals surface area contributed by atoms with E-state index in [0.29, 0.717) is 5.57 Å². The van der Waals surface area contributed by atoms with Crippen LogP contribution in [0.15, 0.2) is 75.5 Å². The number of nitrogens with zero attached hydrogens (tertiary/aromatic N) is 1. The van der Waals surface area contributed by atoms with E-state index in [0.717, 1.165) is 11.3 Å². The highest BCUT2D eigenvalue weighted by molar-refractivity contribution is 5.93. The Morgan fingerprint density at radius 1 is 1.25 bits per heavy atom. The molecule has 4 rings (SSSR count). The third kappa shape index (κ3) is 1.24. The van der Waals surface area contributed by atoms with E-state index in [2.05, 4.69) is 30.1 Å². The lowest BCUT2D eigenvalue weighted by atomic mass is 9.57. The SMILES string of the molecule is CC12C3=CC=C4C=CC=C(C=NC1=CC(C(=O)O)=C3)C42. The van der Waals surface area contributed by atoms with Gasteiger partial charge in [0, 0.05) is 17.5 Å². The van der Waals surface area contributed by atoms with Crippen LogP contribution in [0.3, 0.4) is 0 Å². The number of carboxylic acids is 1. The average molecular weight is 263 g/mol. The van der Waals surface area contributed by atoms with E-state index in [4.69, 9.17) is 0 Å². The second-order valence-corrected chi connectivity index (χ2v) is 5.64. The molecule has 0 aromatic heterocycles. The second-order valence-electron chi connectivity index (χ2n) is 5.64. The van der Waals surface area contributed by atoms with Crippen molar-refractivity contribution in [1.82, 2.24) is 0 Å². The van der Waals surface area contributed by atoms with E-state index in [9.17, 15) is 9.90 Å². The molecule has 3 aliphatic carbocycles. The number of allylic oxidation sites excluding steroid dienone is 9. The van der Waals surface area contributed by atoms with Gasteiger partial charge in [0.15, 0.2) is 0 Å². The summed E-state index contributed by atoms with van der Waals surface area (Å²) in [5.74, 6) is -0.668. The Kier molecular flexibility index (Phi) is 2.04. The van der Waals surface area contributed by atoms with Gasteiger partial charge in [0.2, 0.25) is 0 Å². The average Bonchev–Trinajstić information content (AvgIpc) is 2.44. The van der Waals surface area contributed by atoms with Gasteiger partial charge in [-0.1, -0.05) is 30.4 Å². The summed E-state index contributed by atoms with van der Waals surface area (Å²) in [6, 6.07) is 0. The molecule has 1 N–H and O–H groups in total. The van der Waals surface area contributed by atoms with Crippen molar-refractivity contribution >= 4 is 12.2 Å². The van der Waals surface area contributed by atoms with Crippen molar-refractivity contribution < 1.29 is 9.90 Å². The topological polar surface area (TPSA) is 49.7 Å². The van der Waals surface area contributed by atoms with Gasteiger partial charge in [-0.05, 0) is 35.8 Å². The third-order valence-corrected chi connectivity index (χ3v) is 4.61. The van der Waals surface area contributed by atoms with E-state index >= 15 is 0 Å². The molecule has 4 aliphatic rings. The van der Waals surface area contributed by atoms with E-state index in [1.807, 2.05) is 18.4 Å². The standard InChI is InChI=1S/C17H13NO2/c1-17-13-6-5-10-3-2-4-11(15(10)17)9-18-14(17)8-12(7-13)16(19)20/h2-9,15H,1H3,(H,19,20). The maximum Gasteiger partial charge on any atom is 0.335 e. The largest absolute Gasteiger partial charge is 0.478 e. The summed E-state index contributed by atoms with van der Waals surface area (Å²) in [5, 5.41) is 9.24. The van der Waals surface area contributed by atoms with Gasteiger partial charge in [-0.15, -0.1) is 0 Å². The minimum atomic E-state index is -0.907. The van der Waals surface area contributed by atoms with Crippen LogP contribution in [0.2, 0.25) is 0 Å². The fourth-order valence-corrected chi connectivity index (χ4v) is 3.56. The highest BCUT2D eigenvalue weighted by Crippen LogP contribution is 2.56. The van der Waals surface area contributed by atoms with Crippen LogP contribution in [-0.4, -0.2) is 17.3 Å². The lowest BCUT2D eigenvalue weighted by Crippen LogP contribution is -2.40. The van der Waals surface area contributed by atoms with Crippen LogP contribution < -0.4 is 0 Å². The van der Waals surface area contributed by atoms with Gasteiger partial charge >= 0.3 is 5.97 Å². The zero-order valence-electron chi connectivity index (χ0n) is 11.0. The first-order valence-electron chi connectivity index (χ1n) is 6.62. The van der Waals surface area contributed by atoms with Gasteiger partial charge in [0.1, 0.15) is 0 Å². The maximum atomic E-state index is 11.3. The van der Waals surface area contributed by atoms with Crippen LogP contribution in [0.25, 0.3) is 0 Å². The first-order valence-corrected chi connectivity index (χ1v) is 6.62. The summed E-state index contributed by atoms with van der Waals surface area (Å²) >= 11 is 0. The summed E-state index contributed by atoms with van der Waals surface area (Å²) in [5.41, 5.74) is 4.37. The van der Waals surface area contributed by atoms with Crippen molar-refractivity contribution in [3.8, 4) is 0 Å². The molecule has 2 atom stereocenters. The Bertz CT molecular complexity index is 756. The van der Waals surface area contributed by atoms with Gasteiger partial charge < -0.3 is 5.11 Å². The number of aliphatic imine (C=N–C) groups is 1. The molecule has 0 amide bonds. The maximum absolute atomic E-state index is 11.3. The number of rotatable bonds is 1. The number of carbonyl (C=O) groups is 1. The normalized spacial score (nSPS) is 32.5. The van der Waals surface area contributed by atoms with Crippen molar-refractivity contribution in [2.75, 3.05) is 0 Å². The molecule has 1 aliphatic heterocycles. The predicted octanol–water partition coefficient (Wildman–Crippen LogP) is 2.96. The van der Waals surface area contributed by atoms with Crippen LogP contribution in [0.1, 0.15) is 6.92 Å². The van der Waals surface area contributed by atoms with Crippen LogP contribution in [0.4, 0.5) is 0 Å². The zero-order chi connectivity index (χ0) is 13.9. The Morgan fingerprint density at radius 3 is 2.90 bits per heavy atom. The van der Waals surface area contributed by atoms with Crippen molar-refractivity contribution in [2.24, 2.45) is 16.3 Å². The van der Waals surface area contributed by atoms with Crippen LogP contribution in [-0.2, 0) is 4.79 Å². The van der Waals surface area contributed by atoms with Gasteiger partial charge in [-0.25, -0.2) is 4.79 Å². The summed E-state index contributed by atoms with van der Waals surface area (Å²) in [6.45, 7) is 2.15. The number of hydrogen-bond donors (Lipinski definition) is 1. The Hall–Kier alpha value is -2.42. The Balaban J connectivity index is 2.02. The summed E-state index contributed by atoms with van der Waals surface area (Å²) in [7, 11) is 0. The molecule has 2 unspecified atom stereocenters. The molecule has 20 heavy (non-hydrogen) atoms. The number of carboxylic acid groups (broad SMARTS) is 1.